The Bertz CT molecular complexity index is 427. The second-order valence-corrected chi connectivity index (χ2v) is 8.08. The third kappa shape index (κ3) is 8.32. The molecule has 2 atom stereocenters. The van der Waals surface area contributed by atoms with Crippen molar-refractivity contribution in [2.75, 3.05) is 66.1 Å². The minimum absolute atomic E-state index is 0. The molecular weight excluding hydrogens is 465 g/mol. The summed E-state index contributed by atoms with van der Waals surface area (Å²) >= 11 is 0. The van der Waals surface area contributed by atoms with Gasteiger partial charge in [-0.25, -0.2) is 0 Å². The van der Waals surface area contributed by atoms with Crippen LogP contribution in [0.4, 0.5) is 0 Å². The summed E-state index contributed by atoms with van der Waals surface area (Å²) < 4.78 is 5.56. The predicted molar refractivity (Wildman–Crippen MR) is 130 cm³/mol. The topological polar surface area (TPSA) is 52.1 Å². The SMILES string of the molecule is CCCN1CCC(CNC(=NC)NCC(C(CC)CC)N2CCOCC2)C1.I. The predicted octanol–water partition coefficient (Wildman–Crippen LogP) is 2.64. The highest BCUT2D eigenvalue weighted by Gasteiger charge is 2.27. The lowest BCUT2D eigenvalue weighted by molar-refractivity contribution is 0.00272. The number of ether oxygens (including phenoxy) is 1. The van der Waals surface area contributed by atoms with Gasteiger partial charge in [0.1, 0.15) is 0 Å². The van der Waals surface area contributed by atoms with E-state index >= 15 is 0 Å². The Morgan fingerprint density at radius 1 is 1.11 bits per heavy atom. The van der Waals surface area contributed by atoms with Crippen molar-refractivity contribution in [1.82, 2.24) is 20.4 Å². The molecule has 2 aliphatic heterocycles. The summed E-state index contributed by atoms with van der Waals surface area (Å²) in [4.78, 5) is 9.67. The van der Waals surface area contributed by atoms with E-state index in [2.05, 4.69) is 46.2 Å². The monoisotopic (exact) mass is 509 g/mol. The van der Waals surface area contributed by atoms with Gasteiger partial charge in [-0.05, 0) is 37.8 Å². The minimum atomic E-state index is 0. The maximum Gasteiger partial charge on any atom is 0.191 e. The highest BCUT2D eigenvalue weighted by molar-refractivity contribution is 14.0. The zero-order chi connectivity index (χ0) is 19.5. The molecule has 0 spiro atoms. The van der Waals surface area contributed by atoms with Crippen LogP contribution in [0.1, 0.15) is 46.5 Å². The van der Waals surface area contributed by atoms with Crippen LogP contribution in [-0.4, -0.2) is 87.9 Å². The fourth-order valence-corrected chi connectivity index (χ4v) is 4.60. The number of halogens is 1. The van der Waals surface area contributed by atoms with Crippen LogP contribution in [0.25, 0.3) is 0 Å². The largest absolute Gasteiger partial charge is 0.379 e. The zero-order valence-corrected chi connectivity index (χ0v) is 20.9. The smallest absolute Gasteiger partial charge is 0.191 e. The Kier molecular flexibility index (Phi) is 13.7. The van der Waals surface area contributed by atoms with Crippen molar-refractivity contribution in [2.24, 2.45) is 16.8 Å². The van der Waals surface area contributed by atoms with Gasteiger partial charge in [-0.1, -0.05) is 33.6 Å². The summed E-state index contributed by atoms with van der Waals surface area (Å²) in [6.07, 6.45) is 5.00. The molecule has 0 saturated carbocycles. The molecule has 0 bridgehead atoms. The molecule has 0 amide bonds. The molecule has 2 heterocycles. The van der Waals surface area contributed by atoms with Crippen LogP contribution in [0.2, 0.25) is 0 Å². The number of hydrogen-bond donors (Lipinski definition) is 2. The fraction of sp³-hybridized carbons (Fsp3) is 0.952. The number of nitrogens with one attached hydrogen (secondary N) is 2. The quantitative estimate of drug-likeness (QED) is 0.270. The van der Waals surface area contributed by atoms with E-state index in [1.165, 1.54) is 45.3 Å². The molecule has 2 aliphatic rings. The second kappa shape index (κ2) is 14.8. The summed E-state index contributed by atoms with van der Waals surface area (Å²) in [5, 5.41) is 7.20. The van der Waals surface area contributed by atoms with Gasteiger partial charge in [0.25, 0.3) is 0 Å². The zero-order valence-electron chi connectivity index (χ0n) is 18.6. The molecule has 2 N–H and O–H groups in total. The van der Waals surface area contributed by atoms with Gasteiger partial charge in [-0.15, -0.1) is 24.0 Å². The first-order valence-corrected chi connectivity index (χ1v) is 11.2. The maximum atomic E-state index is 5.56. The molecular formula is C21H44IN5O. The average molecular weight is 510 g/mol. The van der Waals surface area contributed by atoms with Gasteiger partial charge in [0.05, 0.1) is 13.2 Å². The van der Waals surface area contributed by atoms with Crippen LogP contribution >= 0.6 is 24.0 Å². The Hall–Kier alpha value is -0.120. The Morgan fingerprint density at radius 2 is 1.82 bits per heavy atom. The van der Waals surface area contributed by atoms with E-state index in [-0.39, 0.29) is 24.0 Å². The third-order valence-electron chi connectivity index (χ3n) is 6.28. The Balaban J connectivity index is 0.00000392. The first-order chi connectivity index (χ1) is 13.2. The number of rotatable bonds is 10. The van der Waals surface area contributed by atoms with Crippen LogP contribution in [0.5, 0.6) is 0 Å². The van der Waals surface area contributed by atoms with Crippen molar-refractivity contribution in [2.45, 2.75) is 52.5 Å². The Morgan fingerprint density at radius 3 is 2.43 bits per heavy atom. The first-order valence-electron chi connectivity index (χ1n) is 11.2. The minimum Gasteiger partial charge on any atom is -0.379 e. The van der Waals surface area contributed by atoms with Gasteiger partial charge in [0.15, 0.2) is 5.96 Å². The molecule has 0 aromatic carbocycles. The highest BCUT2D eigenvalue weighted by Crippen LogP contribution is 2.19. The molecule has 6 nitrogen and oxygen atoms in total. The lowest BCUT2D eigenvalue weighted by Gasteiger charge is -2.39. The molecule has 0 aromatic heterocycles. The van der Waals surface area contributed by atoms with Crippen molar-refractivity contribution in [1.29, 1.82) is 0 Å². The number of morpholine rings is 1. The summed E-state index contributed by atoms with van der Waals surface area (Å²) in [5.41, 5.74) is 0. The molecule has 2 fully saturated rings. The summed E-state index contributed by atoms with van der Waals surface area (Å²) in [7, 11) is 1.88. The van der Waals surface area contributed by atoms with Crippen molar-refractivity contribution >= 4 is 29.9 Å². The van der Waals surface area contributed by atoms with Crippen LogP contribution in [0.3, 0.4) is 0 Å². The molecule has 2 saturated heterocycles. The van der Waals surface area contributed by atoms with E-state index in [9.17, 15) is 0 Å². The van der Waals surface area contributed by atoms with Crippen molar-refractivity contribution in [3.63, 3.8) is 0 Å². The van der Waals surface area contributed by atoms with E-state index in [1.54, 1.807) is 0 Å². The number of likely N-dealkylation sites (tertiary alicyclic amines) is 1. The third-order valence-corrected chi connectivity index (χ3v) is 6.28. The lowest BCUT2D eigenvalue weighted by atomic mass is 9.92. The first kappa shape index (κ1) is 25.9. The molecule has 28 heavy (non-hydrogen) atoms. The van der Waals surface area contributed by atoms with Crippen molar-refractivity contribution in [3.05, 3.63) is 0 Å². The molecule has 7 heteroatoms. The molecule has 2 unspecified atom stereocenters. The fourth-order valence-electron chi connectivity index (χ4n) is 4.60. The number of aliphatic imine (C=N–C) groups is 1. The molecule has 0 radical (unpaired) electrons. The van der Waals surface area contributed by atoms with E-state index in [0.717, 1.165) is 51.3 Å². The lowest BCUT2D eigenvalue weighted by Crippen LogP contribution is -2.53. The number of hydrogen-bond acceptors (Lipinski definition) is 4. The van der Waals surface area contributed by atoms with Crippen LogP contribution in [0.15, 0.2) is 4.99 Å². The van der Waals surface area contributed by atoms with Gasteiger partial charge in [-0.3, -0.25) is 9.89 Å². The van der Waals surface area contributed by atoms with Gasteiger partial charge in [-0.2, -0.15) is 0 Å². The second-order valence-electron chi connectivity index (χ2n) is 8.08. The van der Waals surface area contributed by atoms with Gasteiger partial charge >= 0.3 is 0 Å². The molecule has 166 valence electrons. The van der Waals surface area contributed by atoms with E-state index in [1.807, 2.05) is 7.05 Å². The van der Waals surface area contributed by atoms with Crippen molar-refractivity contribution in [3.8, 4) is 0 Å². The maximum absolute atomic E-state index is 5.56. The molecule has 0 aliphatic carbocycles. The molecule has 0 aromatic rings. The van der Waals surface area contributed by atoms with Crippen LogP contribution in [0, 0.1) is 11.8 Å². The number of nitrogens with zero attached hydrogens (tertiary/aromatic N) is 3. The van der Waals surface area contributed by atoms with Gasteiger partial charge in [0, 0.05) is 45.8 Å². The van der Waals surface area contributed by atoms with Gasteiger partial charge < -0.3 is 20.3 Å². The average Bonchev–Trinajstić information content (AvgIpc) is 3.15. The van der Waals surface area contributed by atoms with E-state index in [0.29, 0.717) is 12.0 Å². The molecule has 2 rings (SSSR count). The Labute approximate surface area is 190 Å². The normalized spacial score (nSPS) is 22.9. The van der Waals surface area contributed by atoms with E-state index in [4.69, 9.17) is 4.74 Å². The highest BCUT2D eigenvalue weighted by atomic mass is 127. The van der Waals surface area contributed by atoms with Crippen molar-refractivity contribution < 1.29 is 4.74 Å². The summed E-state index contributed by atoms with van der Waals surface area (Å²) in [6, 6.07) is 0.550. The summed E-state index contributed by atoms with van der Waals surface area (Å²) in [6.45, 7) is 16.4. The van der Waals surface area contributed by atoms with Crippen LogP contribution < -0.4 is 10.6 Å². The number of guanidine groups is 1. The summed E-state index contributed by atoms with van der Waals surface area (Å²) in [5.74, 6) is 2.41. The van der Waals surface area contributed by atoms with E-state index < -0.39 is 0 Å². The van der Waals surface area contributed by atoms with Crippen LogP contribution in [-0.2, 0) is 4.74 Å². The van der Waals surface area contributed by atoms with Gasteiger partial charge in [0.2, 0.25) is 0 Å². The standard InChI is InChI=1S/C21H43N5O.HI/c1-5-9-25-10-8-18(17-25)15-23-21(22-4)24-16-20(19(6-2)7-3)26-11-13-27-14-12-26;/h18-20H,5-17H2,1-4H3,(H2,22,23,24);1H.